The van der Waals surface area contributed by atoms with Gasteiger partial charge in [-0.1, -0.05) is 40.6 Å². The van der Waals surface area contributed by atoms with Crippen molar-refractivity contribution in [2.24, 2.45) is 0 Å². The molecular weight excluding hydrogens is 355 g/mol. The third-order valence-corrected chi connectivity index (χ3v) is 4.76. The van der Waals surface area contributed by atoms with Gasteiger partial charge < -0.3 is 0 Å². The predicted octanol–water partition coefficient (Wildman–Crippen LogP) is 3.40. The number of rotatable bonds is 4. The Labute approximate surface area is 147 Å². The van der Waals surface area contributed by atoms with Crippen LogP contribution in [0.1, 0.15) is 16.3 Å². The Morgan fingerprint density at radius 1 is 1.26 bits per heavy atom. The first kappa shape index (κ1) is 16.4. The van der Waals surface area contributed by atoms with Crippen LogP contribution in [-0.4, -0.2) is 26.5 Å². The van der Waals surface area contributed by atoms with E-state index >= 15 is 0 Å². The van der Waals surface area contributed by atoms with Crippen LogP contribution in [0, 0.1) is 6.92 Å². The molecule has 23 heavy (non-hydrogen) atoms. The molecule has 120 valence electrons. The van der Waals surface area contributed by atoms with E-state index in [1.807, 2.05) is 19.2 Å². The molecule has 0 aliphatic heterocycles. The quantitative estimate of drug-likeness (QED) is 0.707. The Hall–Kier alpha value is -1.47. The number of aromatic nitrogens is 3. The minimum absolute atomic E-state index is 0.154. The molecule has 0 amide bonds. The average molecular weight is 369 g/mol. The van der Waals surface area contributed by atoms with Crippen molar-refractivity contribution in [1.29, 1.82) is 0 Å². The highest BCUT2D eigenvalue weighted by atomic mass is 35.5. The zero-order valence-corrected chi connectivity index (χ0v) is 14.9. The van der Waals surface area contributed by atoms with Gasteiger partial charge in [0.15, 0.2) is 0 Å². The Morgan fingerprint density at radius 2 is 2.04 bits per heavy atom. The van der Waals surface area contributed by atoms with E-state index in [-0.39, 0.29) is 5.56 Å². The fraction of sp³-hybridized carbons (Fsp3) is 0.267. The number of hydrogen-bond donors (Lipinski definition) is 0. The van der Waals surface area contributed by atoms with Gasteiger partial charge in [0, 0.05) is 28.4 Å². The lowest BCUT2D eigenvalue weighted by molar-refractivity contribution is 0.317. The fourth-order valence-electron chi connectivity index (χ4n) is 2.25. The van der Waals surface area contributed by atoms with Gasteiger partial charge in [-0.25, -0.2) is 4.98 Å². The lowest BCUT2D eigenvalue weighted by Gasteiger charge is -2.15. The number of fused-ring (bicyclic) bond motifs is 1. The normalized spacial score (nSPS) is 11.5. The Morgan fingerprint density at radius 3 is 2.78 bits per heavy atom. The van der Waals surface area contributed by atoms with E-state index in [0.29, 0.717) is 33.8 Å². The van der Waals surface area contributed by atoms with E-state index in [1.165, 1.54) is 21.9 Å². The molecule has 3 aromatic rings. The van der Waals surface area contributed by atoms with Crippen molar-refractivity contribution in [1.82, 2.24) is 19.5 Å². The molecule has 5 nitrogen and oxygen atoms in total. The van der Waals surface area contributed by atoms with Gasteiger partial charge in [-0.3, -0.25) is 9.69 Å². The maximum Gasteiger partial charge on any atom is 0.275 e. The molecule has 0 bridgehead atoms. The minimum atomic E-state index is -0.154. The zero-order chi connectivity index (χ0) is 16.6. The van der Waals surface area contributed by atoms with Crippen LogP contribution < -0.4 is 5.56 Å². The second-order valence-electron chi connectivity index (χ2n) is 5.33. The van der Waals surface area contributed by atoms with E-state index in [2.05, 4.69) is 15.0 Å². The molecule has 0 unspecified atom stereocenters. The number of aryl methyl sites for hydroxylation is 1. The van der Waals surface area contributed by atoms with Crippen LogP contribution in [0.3, 0.4) is 0 Å². The summed E-state index contributed by atoms with van der Waals surface area (Å²) in [4.78, 5) is 18.9. The van der Waals surface area contributed by atoms with E-state index in [9.17, 15) is 4.79 Å². The molecule has 0 fully saturated rings. The van der Waals surface area contributed by atoms with Gasteiger partial charge in [0.05, 0.1) is 6.54 Å². The van der Waals surface area contributed by atoms with Crippen molar-refractivity contribution in [2.45, 2.75) is 20.0 Å². The summed E-state index contributed by atoms with van der Waals surface area (Å²) in [7, 11) is 1.97. The third-order valence-electron chi connectivity index (χ3n) is 3.28. The molecule has 0 radical (unpaired) electrons. The zero-order valence-electron chi connectivity index (χ0n) is 12.6. The van der Waals surface area contributed by atoms with Gasteiger partial charge in [0.1, 0.15) is 5.01 Å². The van der Waals surface area contributed by atoms with Crippen molar-refractivity contribution in [3.05, 3.63) is 60.9 Å². The Balaban J connectivity index is 1.78. The van der Waals surface area contributed by atoms with Crippen molar-refractivity contribution < 1.29 is 0 Å². The maximum atomic E-state index is 11.9. The molecule has 0 saturated heterocycles. The topological polar surface area (TPSA) is 50.5 Å². The number of hydrogen-bond acceptors (Lipinski definition) is 5. The Kier molecular flexibility index (Phi) is 4.68. The molecule has 0 spiro atoms. The van der Waals surface area contributed by atoms with Crippen LogP contribution in [0.4, 0.5) is 0 Å². The molecule has 0 atom stereocenters. The molecule has 0 saturated carbocycles. The first-order valence-electron chi connectivity index (χ1n) is 6.91. The first-order valence-corrected chi connectivity index (χ1v) is 8.48. The molecule has 0 N–H and O–H groups in total. The summed E-state index contributed by atoms with van der Waals surface area (Å²) in [6.07, 6.45) is 0. The summed E-state index contributed by atoms with van der Waals surface area (Å²) in [6.45, 7) is 3.06. The van der Waals surface area contributed by atoms with E-state index in [0.717, 1.165) is 10.6 Å². The number of nitrogens with zero attached hydrogens (tertiary/aromatic N) is 4. The monoisotopic (exact) mass is 368 g/mol. The second kappa shape index (κ2) is 6.57. The highest BCUT2D eigenvalue weighted by molar-refractivity contribution is 7.16. The van der Waals surface area contributed by atoms with Crippen molar-refractivity contribution >= 4 is 39.5 Å². The Bertz CT molecular complexity index is 921. The highest BCUT2D eigenvalue weighted by Gasteiger charge is 2.11. The van der Waals surface area contributed by atoms with Crippen LogP contribution in [0.2, 0.25) is 10.0 Å². The largest absolute Gasteiger partial charge is 0.295 e. The van der Waals surface area contributed by atoms with E-state index in [1.54, 1.807) is 13.0 Å². The fourth-order valence-corrected chi connectivity index (χ4v) is 3.74. The summed E-state index contributed by atoms with van der Waals surface area (Å²) < 4.78 is 1.34. The van der Waals surface area contributed by atoms with Gasteiger partial charge >= 0.3 is 0 Å². The van der Waals surface area contributed by atoms with Gasteiger partial charge in [-0.2, -0.15) is 9.61 Å². The summed E-state index contributed by atoms with van der Waals surface area (Å²) in [5.74, 6) is 0. The molecular formula is C15H14Cl2N4OS. The van der Waals surface area contributed by atoms with Gasteiger partial charge in [0.25, 0.3) is 5.56 Å². The number of benzene rings is 1. The first-order chi connectivity index (χ1) is 10.9. The number of halogens is 2. The van der Waals surface area contributed by atoms with Crippen molar-refractivity contribution in [2.75, 3.05) is 7.05 Å². The SMILES string of the molecule is Cc1cc(=O)n2nc(CN(C)Cc3ccc(Cl)cc3Cl)sc2n1. The molecule has 2 aromatic heterocycles. The average Bonchev–Trinajstić information content (AvgIpc) is 2.84. The van der Waals surface area contributed by atoms with E-state index in [4.69, 9.17) is 23.2 Å². The lowest BCUT2D eigenvalue weighted by Crippen LogP contribution is -2.18. The highest BCUT2D eigenvalue weighted by Crippen LogP contribution is 2.23. The van der Waals surface area contributed by atoms with Gasteiger partial charge in [-0.15, -0.1) is 0 Å². The molecule has 3 rings (SSSR count). The third kappa shape index (κ3) is 3.72. The van der Waals surface area contributed by atoms with Crippen LogP contribution in [0.5, 0.6) is 0 Å². The molecule has 8 heteroatoms. The standard InChI is InChI=1S/C15H14Cl2N4OS/c1-9-5-14(22)21-15(18-9)23-13(19-21)8-20(2)7-10-3-4-11(16)6-12(10)17/h3-6H,7-8H2,1-2H3. The lowest BCUT2D eigenvalue weighted by atomic mass is 10.2. The van der Waals surface area contributed by atoms with Crippen LogP contribution in [-0.2, 0) is 13.1 Å². The van der Waals surface area contributed by atoms with Crippen molar-refractivity contribution in [3.63, 3.8) is 0 Å². The molecule has 1 aromatic carbocycles. The van der Waals surface area contributed by atoms with Crippen LogP contribution >= 0.6 is 34.5 Å². The van der Waals surface area contributed by atoms with E-state index < -0.39 is 0 Å². The summed E-state index contributed by atoms with van der Waals surface area (Å²) in [5, 5.41) is 6.42. The van der Waals surface area contributed by atoms with Crippen molar-refractivity contribution in [3.8, 4) is 0 Å². The maximum absolute atomic E-state index is 11.9. The predicted molar refractivity (Wildman–Crippen MR) is 93.5 cm³/mol. The smallest absolute Gasteiger partial charge is 0.275 e. The summed E-state index contributed by atoms with van der Waals surface area (Å²) in [5.41, 5.74) is 1.54. The second-order valence-corrected chi connectivity index (χ2v) is 7.22. The van der Waals surface area contributed by atoms with Crippen LogP contribution in [0.15, 0.2) is 29.1 Å². The minimum Gasteiger partial charge on any atom is -0.295 e. The molecule has 0 aliphatic carbocycles. The summed E-state index contributed by atoms with van der Waals surface area (Å²) >= 11 is 13.5. The van der Waals surface area contributed by atoms with Gasteiger partial charge in [0.2, 0.25) is 4.96 Å². The van der Waals surface area contributed by atoms with Crippen LogP contribution in [0.25, 0.3) is 4.96 Å². The molecule has 0 aliphatic rings. The summed E-state index contributed by atoms with van der Waals surface area (Å²) in [6, 6.07) is 6.94. The van der Waals surface area contributed by atoms with Gasteiger partial charge in [-0.05, 0) is 31.7 Å². The molecule has 2 heterocycles.